The summed E-state index contributed by atoms with van der Waals surface area (Å²) in [5, 5.41) is 13.0. The molecule has 1 fully saturated rings. The van der Waals surface area contributed by atoms with Crippen molar-refractivity contribution in [2.24, 2.45) is 0 Å². The minimum absolute atomic E-state index is 0.0253. The van der Waals surface area contributed by atoms with Crippen LogP contribution in [0.4, 0.5) is 9.59 Å². The van der Waals surface area contributed by atoms with Gasteiger partial charge in [0, 0.05) is 11.6 Å². The predicted octanol–water partition coefficient (Wildman–Crippen LogP) is 6.01. The van der Waals surface area contributed by atoms with Crippen LogP contribution in [0.5, 0.6) is 0 Å². The van der Waals surface area contributed by atoms with Gasteiger partial charge < -0.3 is 14.7 Å². The van der Waals surface area contributed by atoms with Crippen molar-refractivity contribution in [3.8, 4) is 0 Å². The highest BCUT2D eigenvalue weighted by Gasteiger charge is 2.26. The van der Waals surface area contributed by atoms with Crippen molar-refractivity contribution >= 4 is 56.5 Å². The first-order chi connectivity index (χ1) is 20.2. The number of amides is 3. The van der Waals surface area contributed by atoms with Crippen LogP contribution >= 0.6 is 23.4 Å². The third-order valence-corrected chi connectivity index (χ3v) is 9.10. The van der Waals surface area contributed by atoms with E-state index in [0.29, 0.717) is 22.6 Å². The molecule has 3 aromatic carbocycles. The third kappa shape index (κ3) is 8.70. The Balaban J connectivity index is 1.48. The summed E-state index contributed by atoms with van der Waals surface area (Å²) >= 11 is 6.82. The number of carbonyl (C=O) groups is 3. The Morgan fingerprint density at radius 1 is 1.05 bits per heavy atom. The molecule has 1 aliphatic rings. The van der Waals surface area contributed by atoms with E-state index in [2.05, 4.69) is 5.32 Å². The van der Waals surface area contributed by atoms with Crippen LogP contribution in [0.3, 0.4) is 0 Å². The number of hydrogen-bond donors (Lipinski definition) is 2. The first-order valence-electron chi connectivity index (χ1n) is 13.3. The van der Waals surface area contributed by atoms with Crippen molar-refractivity contribution in [2.45, 2.75) is 48.7 Å². The second kappa shape index (κ2) is 13.3. The number of benzene rings is 3. The Morgan fingerprint density at radius 2 is 1.74 bits per heavy atom. The summed E-state index contributed by atoms with van der Waals surface area (Å²) in [5.41, 5.74) is 1.07. The number of nitrogens with zero attached hydrogens (tertiary/aromatic N) is 1. The second-order valence-corrected chi connectivity index (χ2v) is 14.2. The minimum atomic E-state index is -3.88. The van der Waals surface area contributed by atoms with Crippen molar-refractivity contribution < 1.29 is 32.6 Å². The Kier molecular flexibility index (Phi) is 10.0. The molecule has 3 amide bonds. The van der Waals surface area contributed by atoms with Crippen molar-refractivity contribution in [1.29, 1.82) is 0 Å². The number of thioether (sulfide) groups is 1. The summed E-state index contributed by atoms with van der Waals surface area (Å²) in [5.74, 6) is -0.525. The number of aliphatic hydroxyl groups is 1. The van der Waals surface area contributed by atoms with Gasteiger partial charge in [0.15, 0.2) is 0 Å². The fourth-order valence-corrected chi connectivity index (χ4v) is 6.39. The first-order valence-corrected chi connectivity index (χ1v) is 16.0. The molecule has 1 saturated heterocycles. The minimum Gasteiger partial charge on any atom is -0.444 e. The van der Waals surface area contributed by atoms with Crippen LogP contribution in [0.15, 0.2) is 87.5 Å². The maximum absolute atomic E-state index is 13.4. The lowest BCUT2D eigenvalue weighted by molar-refractivity contribution is -0.115. The normalized spacial score (nSPS) is 15.3. The van der Waals surface area contributed by atoms with Crippen LogP contribution < -0.4 is 5.32 Å². The fourth-order valence-electron chi connectivity index (χ4n) is 4.19. The zero-order chi connectivity index (χ0) is 31.4. The van der Waals surface area contributed by atoms with Gasteiger partial charge in [-0.15, -0.1) is 0 Å². The number of carbonyl (C=O) groups excluding carboxylic acids is 3. The molecule has 0 saturated carbocycles. The molecule has 0 unspecified atom stereocenters. The molecule has 43 heavy (non-hydrogen) atoms. The quantitative estimate of drug-likeness (QED) is 0.272. The molecule has 0 spiro atoms. The number of aliphatic hydroxyl groups excluding tert-OH is 1. The van der Waals surface area contributed by atoms with Crippen LogP contribution in [0.25, 0.3) is 6.08 Å². The predicted molar refractivity (Wildman–Crippen MR) is 165 cm³/mol. The average molecular weight is 643 g/mol. The van der Waals surface area contributed by atoms with Crippen molar-refractivity contribution in [3.63, 3.8) is 0 Å². The Labute approximate surface area is 259 Å². The molecule has 0 aromatic heterocycles. The lowest BCUT2D eigenvalue weighted by Gasteiger charge is -2.29. The lowest BCUT2D eigenvalue weighted by Crippen LogP contribution is -2.40. The summed E-state index contributed by atoms with van der Waals surface area (Å²) in [6.07, 6.45) is 0.267. The van der Waals surface area contributed by atoms with Gasteiger partial charge in [0.25, 0.3) is 11.1 Å². The van der Waals surface area contributed by atoms with Crippen LogP contribution in [0, 0.1) is 0 Å². The molecule has 0 radical (unpaired) electrons. The van der Waals surface area contributed by atoms with E-state index >= 15 is 0 Å². The topological polar surface area (TPSA) is 130 Å². The molecule has 226 valence electrons. The SMILES string of the molecule is CC(C)(C)OC(=O)N(CCc1ccc(S(=O)(=O)c2cccc(C=C3SC(=O)NC3=O)c2)cc1)C[C@@H](O)c1cccc(Cl)c1. The number of halogens is 1. The molecule has 4 rings (SSSR count). The van der Waals surface area contributed by atoms with E-state index in [0.717, 1.165) is 17.3 Å². The number of ether oxygens (including phenoxy) is 1. The molecule has 1 heterocycles. The van der Waals surface area contributed by atoms with Crippen LogP contribution in [0.2, 0.25) is 5.02 Å². The average Bonchev–Trinajstić information content (AvgIpc) is 3.26. The van der Waals surface area contributed by atoms with Gasteiger partial charge in [-0.25, -0.2) is 13.2 Å². The second-order valence-electron chi connectivity index (χ2n) is 10.8. The zero-order valence-corrected chi connectivity index (χ0v) is 26.1. The zero-order valence-electron chi connectivity index (χ0n) is 23.7. The van der Waals surface area contributed by atoms with E-state index in [1.165, 1.54) is 35.2 Å². The molecule has 9 nitrogen and oxygen atoms in total. The third-order valence-electron chi connectivity index (χ3n) is 6.29. The number of sulfone groups is 1. The number of rotatable bonds is 9. The summed E-state index contributed by atoms with van der Waals surface area (Å²) in [6.45, 7) is 5.46. The Bertz CT molecular complexity index is 1670. The molecule has 2 N–H and O–H groups in total. The summed E-state index contributed by atoms with van der Waals surface area (Å²) < 4.78 is 32.3. The van der Waals surface area contributed by atoms with Gasteiger partial charge in [-0.2, -0.15) is 0 Å². The van der Waals surface area contributed by atoms with Crippen molar-refractivity contribution in [2.75, 3.05) is 13.1 Å². The van der Waals surface area contributed by atoms with Gasteiger partial charge in [0.1, 0.15) is 5.60 Å². The number of imide groups is 1. The van der Waals surface area contributed by atoms with Gasteiger partial charge >= 0.3 is 6.09 Å². The largest absolute Gasteiger partial charge is 0.444 e. The summed E-state index contributed by atoms with van der Waals surface area (Å²) in [6, 6.07) is 19.2. The fraction of sp³-hybridized carbons (Fsp3) is 0.258. The first kappa shape index (κ1) is 32.3. The molecule has 1 atom stereocenters. The van der Waals surface area contributed by atoms with Crippen LogP contribution in [-0.2, 0) is 25.8 Å². The van der Waals surface area contributed by atoms with Gasteiger partial charge in [-0.3, -0.25) is 14.9 Å². The molecule has 0 bridgehead atoms. The van der Waals surface area contributed by atoms with E-state index in [9.17, 15) is 27.9 Å². The van der Waals surface area contributed by atoms with Gasteiger partial charge in [-0.05, 0) is 98.1 Å². The van der Waals surface area contributed by atoms with E-state index in [4.69, 9.17) is 16.3 Å². The molecule has 3 aromatic rings. The van der Waals surface area contributed by atoms with E-state index in [1.54, 1.807) is 69.3 Å². The van der Waals surface area contributed by atoms with E-state index < -0.39 is 38.8 Å². The molecule has 0 aliphatic carbocycles. The monoisotopic (exact) mass is 642 g/mol. The Hall–Kier alpha value is -3.64. The number of hydrogen-bond acceptors (Lipinski definition) is 8. The smallest absolute Gasteiger partial charge is 0.410 e. The van der Waals surface area contributed by atoms with Gasteiger partial charge in [-0.1, -0.05) is 48.0 Å². The van der Waals surface area contributed by atoms with Gasteiger partial charge in [0.05, 0.1) is 27.3 Å². The maximum atomic E-state index is 13.4. The molecule has 1 aliphatic heterocycles. The van der Waals surface area contributed by atoms with E-state index in [1.807, 2.05) is 0 Å². The summed E-state index contributed by atoms with van der Waals surface area (Å²) in [7, 11) is -3.88. The highest BCUT2D eigenvalue weighted by atomic mass is 35.5. The standard InChI is InChI=1S/C31H31ClN2O7S2/c1-31(2,3)41-30(38)34(19-26(35)22-7-5-8-23(32)18-22)15-14-20-10-12-24(13-11-20)43(39,40)25-9-4-6-21(16-25)17-27-28(36)33-29(37)42-27/h4-13,16-18,26,35H,14-15,19H2,1-3H3,(H,33,36,37)/t26-/m1/s1. The molecular formula is C31H31ClN2O7S2. The van der Waals surface area contributed by atoms with Gasteiger partial charge in [0.2, 0.25) is 9.84 Å². The van der Waals surface area contributed by atoms with Crippen molar-refractivity contribution in [1.82, 2.24) is 10.2 Å². The van der Waals surface area contributed by atoms with Crippen molar-refractivity contribution in [3.05, 3.63) is 99.4 Å². The van der Waals surface area contributed by atoms with E-state index in [-0.39, 0.29) is 27.8 Å². The highest BCUT2D eigenvalue weighted by Crippen LogP contribution is 2.28. The number of nitrogens with one attached hydrogen (secondary N) is 1. The van der Waals surface area contributed by atoms with Crippen LogP contribution in [0.1, 0.15) is 43.6 Å². The highest BCUT2D eigenvalue weighted by molar-refractivity contribution is 8.18. The van der Waals surface area contributed by atoms with Crippen LogP contribution in [-0.4, -0.2) is 54.4 Å². The Morgan fingerprint density at radius 3 is 2.37 bits per heavy atom. The lowest BCUT2D eigenvalue weighted by atomic mass is 10.1. The maximum Gasteiger partial charge on any atom is 0.410 e. The molecular weight excluding hydrogens is 612 g/mol. The molecule has 12 heteroatoms. The summed E-state index contributed by atoms with van der Waals surface area (Å²) in [4.78, 5) is 38.0.